The van der Waals surface area contributed by atoms with Gasteiger partial charge in [-0.05, 0) is 68.0 Å². The first-order valence-electron chi connectivity index (χ1n) is 11.6. The van der Waals surface area contributed by atoms with E-state index < -0.39 is 0 Å². The number of rotatable bonds is 9. The maximum Gasteiger partial charge on any atom is 0.255 e. The molecule has 0 aromatic heterocycles. The lowest BCUT2D eigenvalue weighted by Gasteiger charge is -2.17. The van der Waals surface area contributed by atoms with Crippen molar-refractivity contribution in [1.29, 1.82) is 0 Å². The number of nitrogens with one attached hydrogen (secondary N) is 2. The normalized spacial score (nSPS) is 12.4. The number of para-hydroxylation sites is 1. The van der Waals surface area contributed by atoms with Crippen LogP contribution >= 0.6 is 0 Å². The van der Waals surface area contributed by atoms with Crippen molar-refractivity contribution in [2.45, 2.75) is 12.8 Å². The minimum atomic E-state index is -0.251. The first-order chi connectivity index (χ1) is 16.9. The van der Waals surface area contributed by atoms with Crippen molar-refractivity contribution >= 4 is 23.1 Å². The number of likely N-dealkylation sites (N-methyl/N-ethyl adjacent to an activating group) is 1. The molecule has 1 aliphatic carbocycles. The summed E-state index contributed by atoms with van der Waals surface area (Å²) in [4.78, 5) is 27.9. The Bertz CT molecular complexity index is 1240. The fourth-order valence-electron chi connectivity index (χ4n) is 4.40. The summed E-state index contributed by atoms with van der Waals surface area (Å²) in [5.41, 5.74) is 5.27. The predicted octanol–water partition coefficient (Wildman–Crippen LogP) is 4.73. The number of methoxy groups -OCH3 is 2. The Morgan fingerprint density at radius 2 is 1.71 bits per heavy atom. The van der Waals surface area contributed by atoms with Crippen LogP contribution in [-0.4, -0.2) is 58.0 Å². The van der Waals surface area contributed by atoms with E-state index in [1.807, 2.05) is 50.5 Å². The number of hydrogen-bond donors (Lipinski definition) is 2. The lowest BCUT2D eigenvalue weighted by molar-refractivity contribution is 0.0995. The highest BCUT2D eigenvalue weighted by atomic mass is 16.5. The first kappa shape index (κ1) is 24.3. The van der Waals surface area contributed by atoms with Crippen molar-refractivity contribution < 1.29 is 19.1 Å². The van der Waals surface area contributed by atoms with E-state index in [1.165, 1.54) is 0 Å². The molecule has 182 valence electrons. The summed E-state index contributed by atoms with van der Waals surface area (Å²) in [6.45, 7) is 1.73. The average molecular weight is 474 g/mol. The van der Waals surface area contributed by atoms with E-state index in [4.69, 9.17) is 9.47 Å². The van der Waals surface area contributed by atoms with Gasteiger partial charge in [-0.2, -0.15) is 0 Å². The fraction of sp³-hybridized carbons (Fsp3) is 0.286. The smallest absolute Gasteiger partial charge is 0.255 e. The Kier molecular flexibility index (Phi) is 7.36. The van der Waals surface area contributed by atoms with Crippen molar-refractivity contribution in [3.63, 3.8) is 0 Å². The van der Waals surface area contributed by atoms with E-state index in [1.54, 1.807) is 32.4 Å². The third kappa shape index (κ3) is 5.15. The molecule has 0 saturated heterocycles. The van der Waals surface area contributed by atoms with Crippen LogP contribution in [0.5, 0.6) is 11.5 Å². The highest BCUT2D eigenvalue weighted by Gasteiger charge is 2.28. The van der Waals surface area contributed by atoms with Crippen LogP contribution < -0.4 is 20.1 Å². The molecule has 0 radical (unpaired) electrons. The molecule has 0 saturated carbocycles. The lowest BCUT2D eigenvalue weighted by atomic mass is 9.94. The summed E-state index contributed by atoms with van der Waals surface area (Å²) in [5.74, 6) is 1.02. The van der Waals surface area contributed by atoms with Crippen LogP contribution in [0.4, 0.5) is 11.4 Å². The summed E-state index contributed by atoms with van der Waals surface area (Å²) >= 11 is 0. The number of amides is 1. The zero-order chi connectivity index (χ0) is 24.9. The molecule has 2 N–H and O–H groups in total. The molecule has 4 rings (SSSR count). The summed E-state index contributed by atoms with van der Waals surface area (Å²) in [5, 5.41) is 6.29. The van der Waals surface area contributed by atoms with E-state index in [-0.39, 0.29) is 11.7 Å². The molecule has 3 aromatic rings. The SMILES string of the molecule is COc1cccc(-c2ccc(NC(=O)c3ccc(NCCN(C)C)cc3)c3c2CCC3=O)c1OC. The van der Waals surface area contributed by atoms with Gasteiger partial charge in [0.05, 0.1) is 19.9 Å². The van der Waals surface area contributed by atoms with Gasteiger partial charge in [-0.25, -0.2) is 0 Å². The van der Waals surface area contributed by atoms with Crippen LogP contribution in [0.25, 0.3) is 11.1 Å². The molecule has 0 heterocycles. The maximum atomic E-state index is 13.0. The van der Waals surface area contributed by atoms with Crippen LogP contribution in [0.15, 0.2) is 54.6 Å². The fourth-order valence-corrected chi connectivity index (χ4v) is 4.40. The molecule has 0 fully saturated rings. The average Bonchev–Trinajstić information content (AvgIpc) is 3.25. The maximum absolute atomic E-state index is 13.0. The van der Waals surface area contributed by atoms with Crippen molar-refractivity contribution in [1.82, 2.24) is 4.90 Å². The second-order valence-electron chi connectivity index (χ2n) is 8.74. The molecule has 0 spiro atoms. The highest BCUT2D eigenvalue weighted by molar-refractivity contribution is 6.12. The first-order valence-corrected chi connectivity index (χ1v) is 11.6. The molecule has 7 heteroatoms. The quantitative estimate of drug-likeness (QED) is 0.468. The molecule has 0 unspecified atom stereocenters. The molecule has 1 aliphatic rings. The number of carbonyl (C=O) groups is 2. The van der Waals surface area contributed by atoms with Crippen molar-refractivity contribution in [3.8, 4) is 22.6 Å². The molecular weight excluding hydrogens is 442 g/mol. The Morgan fingerprint density at radius 1 is 0.943 bits per heavy atom. The largest absolute Gasteiger partial charge is 0.493 e. The number of nitrogens with zero attached hydrogens (tertiary/aromatic N) is 1. The molecular formula is C28H31N3O4. The summed E-state index contributed by atoms with van der Waals surface area (Å²) in [6.07, 6.45) is 1.02. The van der Waals surface area contributed by atoms with Crippen LogP contribution in [0.2, 0.25) is 0 Å². The van der Waals surface area contributed by atoms with Gasteiger partial charge in [-0.1, -0.05) is 18.2 Å². The Hall–Kier alpha value is -3.84. The Morgan fingerprint density at radius 3 is 2.40 bits per heavy atom. The van der Waals surface area contributed by atoms with Gasteiger partial charge in [-0.15, -0.1) is 0 Å². The number of anilines is 2. The summed E-state index contributed by atoms with van der Waals surface area (Å²) in [6, 6.07) is 16.8. The van der Waals surface area contributed by atoms with Gasteiger partial charge in [-0.3, -0.25) is 9.59 Å². The van der Waals surface area contributed by atoms with E-state index >= 15 is 0 Å². The second kappa shape index (κ2) is 10.6. The topological polar surface area (TPSA) is 79.9 Å². The van der Waals surface area contributed by atoms with Crippen LogP contribution in [0.3, 0.4) is 0 Å². The van der Waals surface area contributed by atoms with Gasteiger partial charge >= 0.3 is 0 Å². The number of hydrogen-bond acceptors (Lipinski definition) is 6. The summed E-state index contributed by atoms with van der Waals surface area (Å²) in [7, 11) is 7.25. The molecule has 0 aliphatic heterocycles. The minimum Gasteiger partial charge on any atom is -0.493 e. The predicted molar refractivity (Wildman–Crippen MR) is 139 cm³/mol. The molecule has 7 nitrogen and oxygen atoms in total. The molecule has 0 bridgehead atoms. The van der Waals surface area contributed by atoms with Crippen LogP contribution in [0.1, 0.15) is 32.7 Å². The third-order valence-electron chi connectivity index (χ3n) is 6.17. The number of carbonyl (C=O) groups excluding carboxylic acids is 2. The Labute approximate surface area is 206 Å². The van der Waals surface area contributed by atoms with E-state index in [9.17, 15) is 9.59 Å². The number of fused-ring (bicyclic) bond motifs is 1. The van der Waals surface area contributed by atoms with Crippen LogP contribution in [-0.2, 0) is 6.42 Å². The van der Waals surface area contributed by atoms with Crippen molar-refractivity contribution in [2.75, 3.05) is 52.0 Å². The second-order valence-corrected chi connectivity index (χ2v) is 8.74. The molecule has 1 amide bonds. The van der Waals surface area contributed by atoms with Gasteiger partial charge in [0.1, 0.15) is 0 Å². The van der Waals surface area contributed by atoms with Crippen LogP contribution in [0, 0.1) is 0 Å². The number of Topliss-reactive ketones (excluding diaryl/α,β-unsaturated/α-hetero) is 1. The van der Waals surface area contributed by atoms with E-state index in [0.717, 1.165) is 35.5 Å². The van der Waals surface area contributed by atoms with Crippen molar-refractivity contribution in [3.05, 3.63) is 71.3 Å². The van der Waals surface area contributed by atoms with E-state index in [2.05, 4.69) is 15.5 Å². The summed E-state index contributed by atoms with van der Waals surface area (Å²) < 4.78 is 11.1. The standard InChI is InChI=1S/C28H31N3O4/c1-31(2)17-16-29-19-10-8-18(9-11-19)28(33)30-23-14-12-20(21-13-15-24(32)26(21)23)22-6-5-7-25(34-3)27(22)35-4/h5-12,14,29H,13,15-17H2,1-4H3,(H,30,33). The minimum absolute atomic E-state index is 0.0273. The van der Waals surface area contributed by atoms with Gasteiger partial charge in [0, 0.05) is 41.9 Å². The van der Waals surface area contributed by atoms with Crippen molar-refractivity contribution in [2.24, 2.45) is 0 Å². The van der Waals surface area contributed by atoms with Gasteiger partial charge < -0.3 is 25.0 Å². The molecule has 3 aromatic carbocycles. The third-order valence-corrected chi connectivity index (χ3v) is 6.17. The Balaban J connectivity index is 1.59. The lowest BCUT2D eigenvalue weighted by Crippen LogP contribution is -2.20. The number of ether oxygens (including phenoxy) is 2. The van der Waals surface area contributed by atoms with Gasteiger partial charge in [0.2, 0.25) is 0 Å². The monoisotopic (exact) mass is 473 g/mol. The van der Waals surface area contributed by atoms with E-state index in [0.29, 0.717) is 41.2 Å². The zero-order valence-electron chi connectivity index (χ0n) is 20.6. The molecule has 0 atom stereocenters. The number of ketones is 1. The molecule has 35 heavy (non-hydrogen) atoms. The van der Waals surface area contributed by atoms with Gasteiger partial charge in [0.25, 0.3) is 5.91 Å². The van der Waals surface area contributed by atoms with Gasteiger partial charge in [0.15, 0.2) is 17.3 Å². The highest BCUT2D eigenvalue weighted by Crippen LogP contribution is 2.43. The zero-order valence-corrected chi connectivity index (χ0v) is 20.6. The number of benzene rings is 3.